The van der Waals surface area contributed by atoms with E-state index in [2.05, 4.69) is 6.92 Å². The van der Waals surface area contributed by atoms with Crippen molar-refractivity contribution in [2.45, 2.75) is 52.0 Å². The summed E-state index contributed by atoms with van der Waals surface area (Å²) in [4.78, 5) is 15.8. The lowest BCUT2D eigenvalue weighted by Crippen LogP contribution is -2.50. The van der Waals surface area contributed by atoms with E-state index in [0.717, 1.165) is 60.5 Å². The van der Waals surface area contributed by atoms with Crippen LogP contribution in [0, 0.1) is 11.8 Å². The van der Waals surface area contributed by atoms with Crippen molar-refractivity contribution in [1.29, 1.82) is 0 Å². The quantitative estimate of drug-likeness (QED) is 0.725. The molecule has 1 amide bonds. The van der Waals surface area contributed by atoms with E-state index in [1.54, 1.807) is 0 Å². The maximum absolute atomic E-state index is 13.9. The first-order chi connectivity index (χ1) is 15.2. The van der Waals surface area contributed by atoms with Crippen molar-refractivity contribution in [3.63, 3.8) is 0 Å². The molecule has 2 aromatic rings. The van der Waals surface area contributed by atoms with Gasteiger partial charge < -0.3 is 9.47 Å². The van der Waals surface area contributed by atoms with E-state index < -0.39 is 0 Å². The van der Waals surface area contributed by atoms with Gasteiger partial charge in [-0.1, -0.05) is 25.1 Å². The molecule has 164 valence electrons. The Labute approximate surface area is 183 Å². The van der Waals surface area contributed by atoms with Crippen molar-refractivity contribution in [3.8, 4) is 5.69 Å². The number of benzene rings is 1. The molecule has 1 atom stereocenters. The highest BCUT2D eigenvalue weighted by atomic mass is 16.5. The highest BCUT2D eigenvalue weighted by molar-refractivity contribution is 6.00. The normalized spacial score (nSPS) is 25.7. The van der Waals surface area contributed by atoms with E-state index in [9.17, 15) is 4.79 Å². The van der Waals surface area contributed by atoms with Gasteiger partial charge in [-0.05, 0) is 57.1 Å². The van der Waals surface area contributed by atoms with Crippen LogP contribution in [0.1, 0.15) is 51.5 Å². The molecule has 2 fully saturated rings. The number of ether oxygens (including phenoxy) is 2. The van der Waals surface area contributed by atoms with Crippen LogP contribution in [0.3, 0.4) is 0 Å². The van der Waals surface area contributed by atoms with E-state index in [1.165, 1.54) is 0 Å². The Hall–Kier alpha value is -2.60. The van der Waals surface area contributed by atoms with Gasteiger partial charge in [0.05, 0.1) is 30.5 Å². The largest absolute Gasteiger partial charge is 0.493 e. The van der Waals surface area contributed by atoms with Gasteiger partial charge in [0.2, 0.25) is 5.91 Å². The summed E-state index contributed by atoms with van der Waals surface area (Å²) in [6.07, 6.45) is 6.94. The fraction of sp³-hybridized carbons (Fsp3) is 0.520. The standard InChI is InChI=1S/C25H31N3O3/c1-3-31-23-20-15-27(19-7-5-4-6-8-19)26-24(20)28(22-13-14-30-16-21(22)23)25(29)18-11-9-17(2)10-12-18/h4-8,15,17-18,22H,3,9-14,16H2,1-2H3. The van der Waals surface area contributed by atoms with Crippen LogP contribution in [0.5, 0.6) is 0 Å². The summed E-state index contributed by atoms with van der Waals surface area (Å²) in [6, 6.07) is 10.0. The molecule has 3 aliphatic rings. The maximum Gasteiger partial charge on any atom is 0.231 e. The molecule has 1 aromatic heterocycles. The molecular weight excluding hydrogens is 390 g/mol. The zero-order valence-electron chi connectivity index (χ0n) is 18.4. The molecule has 1 saturated carbocycles. The van der Waals surface area contributed by atoms with E-state index in [1.807, 2.05) is 53.0 Å². The molecule has 1 unspecified atom stereocenters. The molecule has 31 heavy (non-hydrogen) atoms. The van der Waals surface area contributed by atoms with Gasteiger partial charge in [0.1, 0.15) is 5.76 Å². The summed E-state index contributed by atoms with van der Waals surface area (Å²) in [6.45, 7) is 5.99. The Bertz CT molecular complexity index is 973. The van der Waals surface area contributed by atoms with Crippen molar-refractivity contribution in [1.82, 2.24) is 9.78 Å². The molecule has 6 heteroatoms. The highest BCUT2D eigenvalue weighted by Gasteiger charge is 2.43. The van der Waals surface area contributed by atoms with E-state index in [-0.39, 0.29) is 17.9 Å². The van der Waals surface area contributed by atoms with Gasteiger partial charge in [-0.25, -0.2) is 4.68 Å². The first-order valence-electron chi connectivity index (χ1n) is 11.6. The Kier molecular flexibility index (Phi) is 5.57. The maximum atomic E-state index is 13.9. The van der Waals surface area contributed by atoms with Crippen LogP contribution in [0.2, 0.25) is 0 Å². The minimum absolute atomic E-state index is 0.0335. The molecule has 0 radical (unpaired) electrons. The number of fused-ring (bicyclic) bond motifs is 2. The molecule has 1 aromatic carbocycles. The molecule has 5 rings (SSSR count). The Balaban J connectivity index is 1.60. The lowest BCUT2D eigenvalue weighted by Gasteiger charge is -2.41. The molecule has 6 nitrogen and oxygen atoms in total. The van der Waals surface area contributed by atoms with E-state index >= 15 is 0 Å². The Morgan fingerprint density at radius 3 is 2.68 bits per heavy atom. The van der Waals surface area contributed by atoms with Crippen LogP contribution in [0.25, 0.3) is 11.4 Å². The smallest absolute Gasteiger partial charge is 0.231 e. The summed E-state index contributed by atoms with van der Waals surface area (Å²) >= 11 is 0. The molecule has 0 N–H and O–H groups in total. The van der Waals surface area contributed by atoms with Crippen LogP contribution in [0.15, 0.2) is 42.1 Å². The zero-order chi connectivity index (χ0) is 21.4. The predicted molar refractivity (Wildman–Crippen MR) is 120 cm³/mol. The van der Waals surface area contributed by atoms with Crippen LogP contribution >= 0.6 is 0 Å². The Morgan fingerprint density at radius 2 is 1.94 bits per heavy atom. The van der Waals surface area contributed by atoms with Gasteiger partial charge in [-0.3, -0.25) is 9.69 Å². The second-order valence-electron chi connectivity index (χ2n) is 8.96. The Morgan fingerprint density at radius 1 is 1.16 bits per heavy atom. The summed E-state index contributed by atoms with van der Waals surface area (Å²) in [7, 11) is 0. The number of hydrogen-bond donors (Lipinski definition) is 0. The minimum Gasteiger partial charge on any atom is -0.493 e. The van der Waals surface area contributed by atoms with Crippen molar-refractivity contribution >= 4 is 17.5 Å². The summed E-state index contributed by atoms with van der Waals surface area (Å²) in [5, 5.41) is 4.92. The number of amides is 1. The van der Waals surface area contributed by atoms with Gasteiger partial charge in [0.25, 0.3) is 0 Å². The zero-order valence-corrected chi connectivity index (χ0v) is 18.4. The van der Waals surface area contributed by atoms with E-state index in [4.69, 9.17) is 14.6 Å². The van der Waals surface area contributed by atoms with Crippen LogP contribution < -0.4 is 4.90 Å². The van der Waals surface area contributed by atoms with Gasteiger partial charge in [-0.2, -0.15) is 0 Å². The number of para-hydroxylation sites is 1. The van der Waals surface area contributed by atoms with Crippen LogP contribution in [-0.2, 0) is 14.3 Å². The number of hydrogen-bond acceptors (Lipinski definition) is 4. The number of anilines is 1. The lowest BCUT2D eigenvalue weighted by atomic mass is 9.81. The average Bonchev–Trinajstić information content (AvgIpc) is 3.25. The molecule has 1 aliphatic carbocycles. The third-order valence-corrected chi connectivity index (χ3v) is 6.88. The lowest BCUT2D eigenvalue weighted by molar-refractivity contribution is -0.124. The van der Waals surface area contributed by atoms with Gasteiger partial charge >= 0.3 is 0 Å². The number of carbonyl (C=O) groups excluding carboxylic acids is 1. The summed E-state index contributed by atoms with van der Waals surface area (Å²) < 4.78 is 13.8. The molecular formula is C25H31N3O3. The second kappa shape index (κ2) is 8.50. The summed E-state index contributed by atoms with van der Waals surface area (Å²) in [5.74, 6) is 2.56. The molecule has 0 spiro atoms. The van der Waals surface area contributed by atoms with E-state index in [0.29, 0.717) is 25.7 Å². The number of aromatic nitrogens is 2. The van der Waals surface area contributed by atoms with Crippen molar-refractivity contribution in [2.24, 2.45) is 11.8 Å². The number of nitrogens with zero attached hydrogens (tertiary/aromatic N) is 3. The first kappa shape index (κ1) is 20.3. The molecule has 2 aliphatic heterocycles. The van der Waals surface area contributed by atoms with Gasteiger partial charge in [0.15, 0.2) is 5.82 Å². The minimum atomic E-state index is -0.0335. The van der Waals surface area contributed by atoms with Crippen molar-refractivity contribution in [2.75, 3.05) is 24.7 Å². The monoisotopic (exact) mass is 421 g/mol. The third kappa shape index (κ3) is 3.67. The van der Waals surface area contributed by atoms with Crippen molar-refractivity contribution in [3.05, 3.63) is 47.7 Å². The SMILES string of the molecule is CCOC1=C2COCCC2N(C(=O)C2CCC(C)CC2)c2nn(-c3ccccc3)cc21. The molecule has 0 bridgehead atoms. The number of carbonyl (C=O) groups is 1. The van der Waals surface area contributed by atoms with Gasteiger partial charge in [0, 0.05) is 24.3 Å². The average molecular weight is 422 g/mol. The topological polar surface area (TPSA) is 56.6 Å². The summed E-state index contributed by atoms with van der Waals surface area (Å²) in [5.41, 5.74) is 2.93. The molecule has 3 heterocycles. The fourth-order valence-corrected chi connectivity index (χ4v) is 5.16. The predicted octanol–water partition coefficient (Wildman–Crippen LogP) is 4.58. The number of rotatable bonds is 4. The second-order valence-corrected chi connectivity index (χ2v) is 8.96. The third-order valence-electron chi connectivity index (χ3n) is 6.88. The van der Waals surface area contributed by atoms with Crippen LogP contribution in [0.4, 0.5) is 5.82 Å². The highest BCUT2D eigenvalue weighted by Crippen LogP contribution is 2.43. The molecule has 1 saturated heterocycles. The van der Waals surface area contributed by atoms with Crippen LogP contribution in [-0.4, -0.2) is 41.6 Å². The van der Waals surface area contributed by atoms with Gasteiger partial charge in [-0.15, -0.1) is 5.10 Å². The van der Waals surface area contributed by atoms with Crippen molar-refractivity contribution < 1.29 is 14.3 Å². The fourth-order valence-electron chi connectivity index (χ4n) is 5.16. The first-order valence-corrected chi connectivity index (χ1v) is 11.6.